The molecule has 0 radical (unpaired) electrons. The second-order valence-electron chi connectivity index (χ2n) is 5.54. The van der Waals surface area contributed by atoms with E-state index in [9.17, 15) is 9.59 Å². The van der Waals surface area contributed by atoms with Crippen molar-refractivity contribution in [1.82, 2.24) is 4.90 Å². The standard InChI is InChI=1S/C17H13BrN2O2S/c18-12-6-7-14-13(8-12)17(16(22)19-14)20(15(21)10-23-17)9-11-4-2-1-3-5-11/h1-8H,9-10H2,(H,19,22). The molecule has 4 nitrogen and oxygen atoms in total. The molecule has 0 bridgehead atoms. The van der Waals surface area contributed by atoms with Gasteiger partial charge in [-0.05, 0) is 23.8 Å². The maximum Gasteiger partial charge on any atom is 0.265 e. The predicted molar refractivity (Wildman–Crippen MR) is 93.9 cm³/mol. The number of hydrogen-bond donors (Lipinski definition) is 1. The number of anilines is 1. The van der Waals surface area contributed by atoms with Crippen LogP contribution >= 0.6 is 27.7 Å². The van der Waals surface area contributed by atoms with Crippen molar-refractivity contribution in [3.05, 3.63) is 64.1 Å². The van der Waals surface area contributed by atoms with E-state index in [1.54, 1.807) is 4.90 Å². The van der Waals surface area contributed by atoms with Crippen LogP contribution in [0.25, 0.3) is 0 Å². The van der Waals surface area contributed by atoms with Crippen molar-refractivity contribution in [2.45, 2.75) is 11.4 Å². The first kappa shape index (κ1) is 14.8. The van der Waals surface area contributed by atoms with Gasteiger partial charge in [0.05, 0.1) is 5.75 Å². The Balaban J connectivity index is 1.82. The van der Waals surface area contributed by atoms with Gasteiger partial charge in [0.25, 0.3) is 5.91 Å². The summed E-state index contributed by atoms with van der Waals surface area (Å²) < 4.78 is 0.895. The first-order valence-electron chi connectivity index (χ1n) is 7.21. The van der Waals surface area contributed by atoms with E-state index in [1.165, 1.54) is 11.8 Å². The van der Waals surface area contributed by atoms with Gasteiger partial charge >= 0.3 is 0 Å². The van der Waals surface area contributed by atoms with Crippen LogP contribution < -0.4 is 5.32 Å². The fraction of sp³-hybridized carbons (Fsp3) is 0.176. The van der Waals surface area contributed by atoms with Gasteiger partial charge in [-0.2, -0.15) is 0 Å². The van der Waals surface area contributed by atoms with E-state index < -0.39 is 4.87 Å². The highest BCUT2D eigenvalue weighted by Gasteiger charge is 2.57. The normalized spacial score (nSPS) is 22.6. The summed E-state index contributed by atoms with van der Waals surface area (Å²) in [5.41, 5.74) is 2.64. The van der Waals surface area contributed by atoms with Gasteiger partial charge in [-0.3, -0.25) is 9.59 Å². The molecule has 1 fully saturated rings. The topological polar surface area (TPSA) is 49.4 Å². The van der Waals surface area contributed by atoms with Gasteiger partial charge in [0.2, 0.25) is 5.91 Å². The van der Waals surface area contributed by atoms with Crippen LogP contribution in [0.2, 0.25) is 0 Å². The summed E-state index contributed by atoms with van der Waals surface area (Å²) in [6, 6.07) is 15.4. The van der Waals surface area contributed by atoms with E-state index >= 15 is 0 Å². The van der Waals surface area contributed by atoms with Crippen LogP contribution in [0.4, 0.5) is 5.69 Å². The van der Waals surface area contributed by atoms with E-state index in [2.05, 4.69) is 21.2 Å². The average Bonchev–Trinajstić information content (AvgIpc) is 3.02. The Morgan fingerprint density at radius 1 is 1.17 bits per heavy atom. The number of rotatable bonds is 2. The van der Waals surface area contributed by atoms with Crippen LogP contribution in [0.5, 0.6) is 0 Å². The quantitative estimate of drug-likeness (QED) is 0.858. The molecule has 116 valence electrons. The van der Waals surface area contributed by atoms with Crippen LogP contribution in [-0.2, 0) is 21.0 Å². The fourth-order valence-electron chi connectivity index (χ4n) is 3.11. The Hall–Kier alpha value is -1.79. The van der Waals surface area contributed by atoms with Gasteiger partial charge in [0, 0.05) is 22.3 Å². The number of carbonyl (C=O) groups is 2. The Morgan fingerprint density at radius 2 is 1.96 bits per heavy atom. The smallest absolute Gasteiger partial charge is 0.265 e. The van der Waals surface area contributed by atoms with E-state index in [0.717, 1.165) is 21.3 Å². The molecule has 2 aromatic rings. The second kappa shape index (κ2) is 5.39. The van der Waals surface area contributed by atoms with Crippen LogP contribution in [0.3, 0.4) is 0 Å². The predicted octanol–water partition coefficient (Wildman–Crippen LogP) is 3.33. The van der Waals surface area contributed by atoms with Crippen molar-refractivity contribution in [2.75, 3.05) is 11.1 Å². The number of nitrogens with one attached hydrogen (secondary N) is 1. The molecule has 23 heavy (non-hydrogen) atoms. The van der Waals surface area contributed by atoms with Gasteiger partial charge in [-0.15, -0.1) is 11.8 Å². The summed E-state index contributed by atoms with van der Waals surface area (Å²) in [7, 11) is 0. The molecule has 1 N–H and O–H groups in total. The number of amides is 2. The summed E-state index contributed by atoms with van der Waals surface area (Å²) in [5, 5.41) is 2.92. The third-order valence-corrected chi connectivity index (χ3v) is 6.10. The van der Waals surface area contributed by atoms with Gasteiger partial charge in [0.15, 0.2) is 4.87 Å². The molecule has 1 spiro atoms. The number of benzene rings is 2. The van der Waals surface area contributed by atoms with E-state index in [4.69, 9.17) is 0 Å². The largest absolute Gasteiger partial charge is 0.323 e. The first-order chi connectivity index (χ1) is 11.1. The molecule has 0 saturated carbocycles. The molecule has 0 aliphatic carbocycles. The van der Waals surface area contributed by atoms with Gasteiger partial charge in [-0.25, -0.2) is 0 Å². The number of thioether (sulfide) groups is 1. The molecule has 2 amide bonds. The van der Waals surface area contributed by atoms with Crippen molar-refractivity contribution < 1.29 is 9.59 Å². The number of hydrogen-bond acceptors (Lipinski definition) is 3. The van der Waals surface area contributed by atoms with Gasteiger partial charge in [-0.1, -0.05) is 46.3 Å². The van der Waals surface area contributed by atoms with Crippen molar-refractivity contribution >= 4 is 45.2 Å². The summed E-state index contributed by atoms with van der Waals surface area (Å²) in [5.74, 6) is 0.158. The molecule has 4 rings (SSSR count). The molecule has 2 aromatic carbocycles. The van der Waals surface area contributed by atoms with Crippen molar-refractivity contribution in [3.63, 3.8) is 0 Å². The minimum atomic E-state index is -0.966. The van der Waals surface area contributed by atoms with Crippen LogP contribution in [0.15, 0.2) is 53.0 Å². The molecule has 1 atom stereocenters. The third kappa shape index (κ3) is 2.20. The van der Waals surface area contributed by atoms with E-state index in [0.29, 0.717) is 12.3 Å². The molecular formula is C17H13BrN2O2S. The summed E-state index contributed by atoms with van der Waals surface area (Å²) >= 11 is 4.86. The maximum absolute atomic E-state index is 12.8. The first-order valence-corrected chi connectivity index (χ1v) is 8.99. The summed E-state index contributed by atoms with van der Waals surface area (Å²) in [6.07, 6.45) is 0. The third-order valence-electron chi connectivity index (χ3n) is 4.17. The number of fused-ring (bicyclic) bond motifs is 2. The molecule has 0 aromatic heterocycles. The number of carbonyl (C=O) groups excluding carboxylic acids is 2. The zero-order chi connectivity index (χ0) is 16.0. The summed E-state index contributed by atoms with van der Waals surface area (Å²) in [6.45, 7) is 0.423. The molecular weight excluding hydrogens is 376 g/mol. The van der Waals surface area contributed by atoms with Crippen LogP contribution in [0.1, 0.15) is 11.1 Å². The Morgan fingerprint density at radius 3 is 2.74 bits per heavy atom. The molecule has 1 unspecified atom stereocenters. The highest BCUT2D eigenvalue weighted by molar-refractivity contribution is 9.10. The minimum absolute atomic E-state index is 0.0122. The fourth-order valence-corrected chi connectivity index (χ4v) is 4.79. The Kier molecular flexibility index (Phi) is 3.46. The lowest BCUT2D eigenvalue weighted by Gasteiger charge is -2.32. The Bertz CT molecular complexity index is 811. The molecule has 2 heterocycles. The van der Waals surface area contributed by atoms with Crippen LogP contribution in [-0.4, -0.2) is 22.5 Å². The Labute approximate surface area is 146 Å². The summed E-state index contributed by atoms with van der Waals surface area (Å²) in [4.78, 5) is 26.0. The van der Waals surface area contributed by atoms with E-state index in [-0.39, 0.29) is 11.8 Å². The van der Waals surface area contributed by atoms with Crippen molar-refractivity contribution in [3.8, 4) is 0 Å². The lowest BCUT2D eigenvalue weighted by molar-refractivity contribution is -0.137. The van der Waals surface area contributed by atoms with Gasteiger partial charge < -0.3 is 10.2 Å². The zero-order valence-corrected chi connectivity index (χ0v) is 14.5. The van der Waals surface area contributed by atoms with Crippen molar-refractivity contribution in [2.24, 2.45) is 0 Å². The highest BCUT2D eigenvalue weighted by atomic mass is 79.9. The number of nitrogens with zero attached hydrogens (tertiary/aromatic N) is 1. The minimum Gasteiger partial charge on any atom is -0.323 e. The average molecular weight is 389 g/mol. The molecule has 2 aliphatic rings. The van der Waals surface area contributed by atoms with Gasteiger partial charge in [0.1, 0.15) is 0 Å². The molecule has 1 saturated heterocycles. The SMILES string of the molecule is O=C1CSC2(C(=O)Nc3ccc(Br)cc32)N1Cc1ccccc1. The monoisotopic (exact) mass is 388 g/mol. The van der Waals surface area contributed by atoms with E-state index in [1.807, 2.05) is 48.5 Å². The lowest BCUT2D eigenvalue weighted by atomic mass is 10.0. The van der Waals surface area contributed by atoms with Crippen LogP contribution in [0, 0.1) is 0 Å². The second-order valence-corrected chi connectivity index (χ2v) is 7.63. The van der Waals surface area contributed by atoms with Crippen molar-refractivity contribution in [1.29, 1.82) is 0 Å². The maximum atomic E-state index is 12.8. The molecule has 6 heteroatoms. The number of halogens is 1. The lowest BCUT2D eigenvalue weighted by Crippen LogP contribution is -2.46. The molecule has 2 aliphatic heterocycles. The highest BCUT2D eigenvalue weighted by Crippen LogP contribution is 2.53. The zero-order valence-electron chi connectivity index (χ0n) is 12.1.